The van der Waals surface area contributed by atoms with Gasteiger partial charge in [0.2, 0.25) is 0 Å². The fourth-order valence-corrected chi connectivity index (χ4v) is 5.70. The molecule has 0 spiro atoms. The third-order valence-electron chi connectivity index (χ3n) is 5.59. The highest BCUT2D eigenvalue weighted by atomic mass is 35.5. The Morgan fingerprint density at radius 1 is 1.00 bits per heavy atom. The lowest BCUT2D eigenvalue weighted by Crippen LogP contribution is -2.54. The van der Waals surface area contributed by atoms with Gasteiger partial charge in [-0.2, -0.15) is 17.0 Å². The van der Waals surface area contributed by atoms with E-state index in [9.17, 15) is 13.2 Å². The van der Waals surface area contributed by atoms with Crippen LogP contribution in [0, 0.1) is 13.8 Å². The van der Waals surface area contributed by atoms with Crippen molar-refractivity contribution in [3.63, 3.8) is 0 Å². The summed E-state index contributed by atoms with van der Waals surface area (Å²) >= 11 is 6.36. The normalized spacial score (nSPS) is 15.7. The number of halogens is 1. The van der Waals surface area contributed by atoms with Crippen LogP contribution >= 0.6 is 11.6 Å². The van der Waals surface area contributed by atoms with Crippen LogP contribution in [-0.2, 0) is 10.2 Å². The van der Waals surface area contributed by atoms with Gasteiger partial charge in [-0.05, 0) is 44.2 Å². The van der Waals surface area contributed by atoms with Gasteiger partial charge >= 0.3 is 0 Å². The van der Waals surface area contributed by atoms with E-state index >= 15 is 0 Å². The number of hydrogen-bond donors (Lipinski definition) is 0. The molecule has 1 aliphatic rings. The highest BCUT2D eigenvalue weighted by molar-refractivity contribution is 7.86. The van der Waals surface area contributed by atoms with Gasteiger partial charge in [-0.3, -0.25) is 4.79 Å². The largest absolute Gasteiger partial charge is 0.336 e. The quantitative estimate of drug-likeness (QED) is 0.676. The van der Waals surface area contributed by atoms with Gasteiger partial charge in [0, 0.05) is 56.3 Å². The molecule has 1 amide bonds. The van der Waals surface area contributed by atoms with E-state index in [4.69, 9.17) is 11.6 Å². The molecule has 3 rings (SSSR count). The summed E-state index contributed by atoms with van der Waals surface area (Å²) in [5.41, 5.74) is 3.46. The van der Waals surface area contributed by atoms with Crippen LogP contribution in [0.4, 0.5) is 0 Å². The SMILES string of the molecule is CCN(CC)S(=O)(=O)N1CCN(C(=O)c2cc(-n3c(C)ccc3C)ccc2Cl)CC1. The van der Waals surface area contributed by atoms with Gasteiger partial charge in [0.1, 0.15) is 0 Å². The average Bonchev–Trinajstić information content (AvgIpc) is 3.07. The second kappa shape index (κ2) is 9.09. The van der Waals surface area contributed by atoms with E-state index in [-0.39, 0.29) is 19.0 Å². The summed E-state index contributed by atoms with van der Waals surface area (Å²) in [7, 11) is -3.49. The molecule has 1 aliphatic heterocycles. The maximum Gasteiger partial charge on any atom is 0.282 e. The molecule has 2 aromatic rings. The molecular formula is C21H29ClN4O3S. The van der Waals surface area contributed by atoms with Crippen LogP contribution in [0.2, 0.25) is 5.02 Å². The summed E-state index contributed by atoms with van der Waals surface area (Å²) in [4.78, 5) is 14.8. The van der Waals surface area contributed by atoms with Gasteiger partial charge in [0.05, 0.1) is 10.6 Å². The predicted octanol–water partition coefficient (Wildman–Crippen LogP) is 3.09. The first-order valence-corrected chi connectivity index (χ1v) is 12.0. The van der Waals surface area contributed by atoms with Gasteiger partial charge in [-0.1, -0.05) is 25.4 Å². The first kappa shape index (κ1) is 22.8. The third-order valence-corrected chi connectivity index (χ3v) is 8.11. The molecule has 0 atom stereocenters. The predicted molar refractivity (Wildman–Crippen MR) is 120 cm³/mol. The van der Waals surface area contributed by atoms with Crippen LogP contribution in [0.15, 0.2) is 30.3 Å². The smallest absolute Gasteiger partial charge is 0.282 e. The van der Waals surface area contributed by atoms with Crippen molar-refractivity contribution in [1.82, 2.24) is 18.1 Å². The number of carbonyl (C=O) groups is 1. The number of piperazine rings is 1. The van der Waals surface area contributed by atoms with Crippen molar-refractivity contribution in [2.75, 3.05) is 39.3 Å². The Morgan fingerprint density at radius 3 is 2.10 bits per heavy atom. The lowest BCUT2D eigenvalue weighted by Gasteiger charge is -2.36. The van der Waals surface area contributed by atoms with Crippen LogP contribution in [0.5, 0.6) is 0 Å². The minimum Gasteiger partial charge on any atom is -0.336 e. The second-order valence-electron chi connectivity index (χ2n) is 7.40. The zero-order valence-corrected chi connectivity index (χ0v) is 19.5. The number of benzene rings is 1. The molecule has 0 N–H and O–H groups in total. The van der Waals surface area contributed by atoms with E-state index in [1.165, 1.54) is 8.61 Å². The van der Waals surface area contributed by atoms with E-state index in [1.54, 1.807) is 11.0 Å². The summed E-state index contributed by atoms with van der Waals surface area (Å²) in [6.07, 6.45) is 0. The topological polar surface area (TPSA) is 65.9 Å². The zero-order chi connectivity index (χ0) is 22.1. The number of amides is 1. The number of hydrogen-bond acceptors (Lipinski definition) is 3. The molecule has 9 heteroatoms. The summed E-state index contributed by atoms with van der Waals surface area (Å²) in [5.74, 6) is -0.177. The molecule has 0 bridgehead atoms. The van der Waals surface area contributed by atoms with Gasteiger partial charge < -0.3 is 9.47 Å². The lowest BCUT2D eigenvalue weighted by atomic mass is 10.1. The maximum atomic E-state index is 13.2. The number of aromatic nitrogens is 1. The first-order chi connectivity index (χ1) is 14.2. The van der Waals surface area contributed by atoms with Crippen molar-refractivity contribution < 1.29 is 13.2 Å². The Hall–Kier alpha value is -1.87. The molecular weight excluding hydrogens is 424 g/mol. The van der Waals surface area contributed by atoms with Gasteiger partial charge in [-0.25, -0.2) is 0 Å². The Balaban J connectivity index is 1.78. The molecule has 1 aromatic carbocycles. The number of nitrogens with zero attached hydrogens (tertiary/aromatic N) is 4. The monoisotopic (exact) mass is 452 g/mol. The molecule has 1 saturated heterocycles. The third kappa shape index (κ3) is 4.27. The van der Waals surface area contributed by atoms with Gasteiger partial charge in [0.15, 0.2) is 0 Å². The minimum atomic E-state index is -3.49. The Bertz CT molecular complexity index is 1000. The summed E-state index contributed by atoms with van der Waals surface area (Å²) in [6, 6.07) is 9.50. The molecule has 0 unspecified atom stereocenters. The molecule has 7 nitrogen and oxygen atoms in total. The van der Waals surface area contributed by atoms with Crippen LogP contribution < -0.4 is 0 Å². The molecule has 1 aromatic heterocycles. The van der Waals surface area contributed by atoms with Crippen molar-refractivity contribution in [3.05, 3.63) is 52.3 Å². The Kier molecular flexibility index (Phi) is 6.91. The standard InChI is InChI=1S/C21H29ClN4O3S/c1-5-24(6-2)30(28,29)25-13-11-23(12-14-25)21(27)19-15-18(9-10-20(19)22)26-16(3)7-8-17(26)4/h7-10,15H,5-6,11-14H2,1-4H3. The number of aryl methyl sites for hydroxylation is 2. The van der Waals surface area contributed by atoms with Crippen molar-refractivity contribution >= 4 is 27.7 Å². The minimum absolute atomic E-state index is 0.177. The van der Waals surface area contributed by atoms with Crippen LogP contribution in [-0.4, -0.2) is 71.7 Å². The number of rotatable bonds is 6. The number of carbonyl (C=O) groups excluding carboxylic acids is 1. The Morgan fingerprint density at radius 2 is 1.57 bits per heavy atom. The average molecular weight is 453 g/mol. The highest BCUT2D eigenvalue weighted by Crippen LogP contribution is 2.25. The van der Waals surface area contributed by atoms with E-state index in [0.717, 1.165) is 17.1 Å². The molecule has 1 fully saturated rings. The molecule has 0 radical (unpaired) electrons. The summed E-state index contributed by atoms with van der Waals surface area (Å²) in [6.45, 7) is 9.75. The lowest BCUT2D eigenvalue weighted by molar-refractivity contribution is 0.0694. The van der Waals surface area contributed by atoms with Crippen LogP contribution in [0.3, 0.4) is 0 Å². The van der Waals surface area contributed by atoms with Crippen molar-refractivity contribution in [2.45, 2.75) is 27.7 Å². The molecule has 30 heavy (non-hydrogen) atoms. The maximum absolute atomic E-state index is 13.2. The van der Waals surface area contributed by atoms with Gasteiger partial charge in [-0.15, -0.1) is 0 Å². The molecule has 164 valence electrons. The molecule has 0 saturated carbocycles. The fraction of sp³-hybridized carbons (Fsp3) is 0.476. The van der Waals surface area contributed by atoms with E-state index in [1.807, 2.05) is 52.0 Å². The van der Waals surface area contributed by atoms with Gasteiger partial charge in [0.25, 0.3) is 16.1 Å². The van der Waals surface area contributed by atoms with Crippen molar-refractivity contribution in [2.24, 2.45) is 0 Å². The highest BCUT2D eigenvalue weighted by Gasteiger charge is 2.32. The zero-order valence-electron chi connectivity index (χ0n) is 17.9. The Labute approximate surface area is 184 Å². The van der Waals surface area contributed by atoms with E-state index in [2.05, 4.69) is 4.57 Å². The van der Waals surface area contributed by atoms with Crippen molar-refractivity contribution in [1.29, 1.82) is 0 Å². The summed E-state index contributed by atoms with van der Waals surface area (Å²) < 4.78 is 30.4. The second-order valence-corrected chi connectivity index (χ2v) is 9.73. The van der Waals surface area contributed by atoms with Crippen molar-refractivity contribution in [3.8, 4) is 5.69 Å². The summed E-state index contributed by atoms with van der Waals surface area (Å²) in [5, 5.41) is 0.393. The fourth-order valence-electron chi connectivity index (χ4n) is 3.90. The van der Waals surface area contributed by atoms with E-state index < -0.39 is 10.2 Å². The molecule has 2 heterocycles. The first-order valence-electron chi connectivity index (χ1n) is 10.2. The molecule has 0 aliphatic carbocycles. The van der Waals surface area contributed by atoms with Crippen LogP contribution in [0.1, 0.15) is 35.6 Å². The van der Waals surface area contributed by atoms with Crippen LogP contribution in [0.25, 0.3) is 5.69 Å². The van der Waals surface area contributed by atoms with E-state index in [0.29, 0.717) is 36.8 Å².